The van der Waals surface area contributed by atoms with Gasteiger partial charge in [0.15, 0.2) is 0 Å². The van der Waals surface area contributed by atoms with Gasteiger partial charge in [0, 0.05) is 44.0 Å². The summed E-state index contributed by atoms with van der Waals surface area (Å²) in [5.74, 6) is 0.913. The predicted octanol–water partition coefficient (Wildman–Crippen LogP) is 1.97. The first kappa shape index (κ1) is 17.1. The predicted molar refractivity (Wildman–Crippen MR) is 98.6 cm³/mol. The summed E-state index contributed by atoms with van der Waals surface area (Å²) in [6.07, 6.45) is 3.93. The summed E-state index contributed by atoms with van der Waals surface area (Å²) in [5.41, 5.74) is 2.76. The fraction of sp³-hybridized carbons (Fsp3) is 0.316. The zero-order valence-corrected chi connectivity index (χ0v) is 14.6. The second kappa shape index (κ2) is 7.90. The SMILES string of the molecule is CN(C)CCn1c(CCNC(=O)c2ccncc2)nc2ccccc21. The number of likely N-dealkylation sites (N-methyl/N-ethyl adjacent to an activating group) is 1. The van der Waals surface area contributed by atoms with Gasteiger partial charge in [0.2, 0.25) is 0 Å². The van der Waals surface area contributed by atoms with Crippen LogP contribution in [0, 0.1) is 0 Å². The molecule has 0 bridgehead atoms. The molecule has 25 heavy (non-hydrogen) atoms. The van der Waals surface area contributed by atoms with E-state index in [1.807, 2.05) is 18.2 Å². The van der Waals surface area contributed by atoms with Gasteiger partial charge < -0.3 is 14.8 Å². The average Bonchev–Trinajstić information content (AvgIpc) is 2.98. The largest absolute Gasteiger partial charge is 0.352 e. The zero-order chi connectivity index (χ0) is 17.6. The van der Waals surface area contributed by atoms with Gasteiger partial charge in [-0.15, -0.1) is 0 Å². The number of nitrogens with zero attached hydrogens (tertiary/aromatic N) is 4. The third-order valence-electron chi connectivity index (χ3n) is 4.08. The van der Waals surface area contributed by atoms with Gasteiger partial charge in [-0.25, -0.2) is 4.98 Å². The third kappa shape index (κ3) is 4.22. The summed E-state index contributed by atoms with van der Waals surface area (Å²) in [6, 6.07) is 11.6. The summed E-state index contributed by atoms with van der Waals surface area (Å²) >= 11 is 0. The number of para-hydroxylation sites is 2. The number of hydrogen-bond acceptors (Lipinski definition) is 4. The first-order chi connectivity index (χ1) is 12.1. The molecule has 6 nitrogen and oxygen atoms in total. The molecular formula is C19H23N5O. The maximum absolute atomic E-state index is 12.1. The number of carbonyl (C=O) groups is 1. The highest BCUT2D eigenvalue weighted by Gasteiger charge is 2.11. The Morgan fingerprint density at radius 3 is 2.68 bits per heavy atom. The molecule has 0 aliphatic rings. The minimum Gasteiger partial charge on any atom is -0.352 e. The Morgan fingerprint density at radius 2 is 1.92 bits per heavy atom. The molecule has 0 aliphatic heterocycles. The van der Waals surface area contributed by atoms with Crippen LogP contribution in [-0.2, 0) is 13.0 Å². The number of aromatic nitrogens is 3. The van der Waals surface area contributed by atoms with Crippen molar-refractivity contribution in [3.8, 4) is 0 Å². The number of carbonyl (C=O) groups excluding carboxylic acids is 1. The van der Waals surface area contributed by atoms with Crippen molar-refractivity contribution in [2.45, 2.75) is 13.0 Å². The Morgan fingerprint density at radius 1 is 1.16 bits per heavy atom. The van der Waals surface area contributed by atoms with Crippen LogP contribution in [0.2, 0.25) is 0 Å². The number of nitrogens with one attached hydrogen (secondary N) is 1. The molecule has 1 N–H and O–H groups in total. The molecule has 0 aliphatic carbocycles. The van der Waals surface area contributed by atoms with Gasteiger partial charge in [-0.2, -0.15) is 0 Å². The molecule has 0 radical (unpaired) electrons. The molecule has 6 heteroatoms. The van der Waals surface area contributed by atoms with Gasteiger partial charge >= 0.3 is 0 Å². The number of fused-ring (bicyclic) bond motifs is 1. The fourth-order valence-electron chi connectivity index (χ4n) is 2.76. The lowest BCUT2D eigenvalue weighted by molar-refractivity contribution is 0.0954. The molecule has 0 unspecified atom stereocenters. The lowest BCUT2D eigenvalue weighted by Crippen LogP contribution is -2.27. The van der Waals surface area contributed by atoms with Crippen molar-refractivity contribution in [1.29, 1.82) is 0 Å². The molecule has 1 aromatic carbocycles. The van der Waals surface area contributed by atoms with E-state index < -0.39 is 0 Å². The molecular weight excluding hydrogens is 314 g/mol. The van der Waals surface area contributed by atoms with Crippen LogP contribution in [0.4, 0.5) is 0 Å². The minimum atomic E-state index is -0.0849. The lowest BCUT2D eigenvalue weighted by Gasteiger charge is -2.13. The van der Waals surface area contributed by atoms with Gasteiger partial charge in [0.05, 0.1) is 11.0 Å². The summed E-state index contributed by atoms with van der Waals surface area (Å²) in [6.45, 7) is 2.37. The molecule has 2 aromatic heterocycles. The molecule has 0 fully saturated rings. The quantitative estimate of drug-likeness (QED) is 0.716. The van der Waals surface area contributed by atoms with Crippen LogP contribution in [-0.4, -0.2) is 52.5 Å². The Bertz CT molecular complexity index is 841. The molecule has 3 aromatic rings. The number of rotatable bonds is 7. The Kier molecular flexibility index (Phi) is 5.40. The van der Waals surface area contributed by atoms with Crippen molar-refractivity contribution < 1.29 is 4.79 Å². The van der Waals surface area contributed by atoms with Gasteiger partial charge in [-0.05, 0) is 38.4 Å². The summed E-state index contributed by atoms with van der Waals surface area (Å²) in [4.78, 5) is 23.0. The van der Waals surface area contributed by atoms with Gasteiger partial charge in [-0.1, -0.05) is 12.1 Å². The van der Waals surface area contributed by atoms with Crippen LogP contribution in [0.5, 0.6) is 0 Å². The van der Waals surface area contributed by atoms with E-state index >= 15 is 0 Å². The van der Waals surface area contributed by atoms with Crippen LogP contribution in [0.25, 0.3) is 11.0 Å². The van der Waals surface area contributed by atoms with Crippen molar-refractivity contribution in [2.75, 3.05) is 27.2 Å². The minimum absolute atomic E-state index is 0.0849. The molecule has 0 atom stereocenters. The van der Waals surface area contributed by atoms with Crippen LogP contribution >= 0.6 is 0 Å². The van der Waals surface area contributed by atoms with E-state index in [-0.39, 0.29) is 5.91 Å². The first-order valence-corrected chi connectivity index (χ1v) is 8.42. The number of amides is 1. The van der Waals surface area contributed by atoms with E-state index in [0.29, 0.717) is 18.5 Å². The van der Waals surface area contributed by atoms with Crippen molar-refractivity contribution >= 4 is 16.9 Å². The standard InChI is InChI=1S/C19H23N5O/c1-23(2)13-14-24-17-6-4-3-5-16(17)22-18(24)9-12-21-19(25)15-7-10-20-11-8-15/h3-8,10-11H,9,12-14H2,1-2H3,(H,21,25). The Balaban J connectivity index is 1.70. The van der Waals surface area contributed by atoms with Crippen molar-refractivity contribution in [3.63, 3.8) is 0 Å². The van der Waals surface area contributed by atoms with E-state index in [4.69, 9.17) is 4.98 Å². The van der Waals surface area contributed by atoms with E-state index in [1.165, 1.54) is 0 Å². The smallest absolute Gasteiger partial charge is 0.251 e. The second-order valence-electron chi connectivity index (χ2n) is 6.21. The average molecular weight is 337 g/mol. The highest BCUT2D eigenvalue weighted by atomic mass is 16.1. The molecule has 2 heterocycles. The van der Waals surface area contributed by atoms with E-state index in [2.05, 4.69) is 39.9 Å². The number of pyridine rings is 1. The highest BCUT2D eigenvalue weighted by molar-refractivity contribution is 5.93. The van der Waals surface area contributed by atoms with Crippen molar-refractivity contribution in [3.05, 3.63) is 60.2 Å². The third-order valence-corrected chi connectivity index (χ3v) is 4.08. The topological polar surface area (TPSA) is 63.0 Å². The lowest BCUT2D eigenvalue weighted by atomic mass is 10.2. The van der Waals surface area contributed by atoms with E-state index in [0.717, 1.165) is 29.9 Å². The van der Waals surface area contributed by atoms with E-state index in [1.54, 1.807) is 24.5 Å². The summed E-state index contributed by atoms with van der Waals surface area (Å²) in [7, 11) is 4.13. The van der Waals surface area contributed by atoms with Gasteiger partial charge in [0.1, 0.15) is 5.82 Å². The van der Waals surface area contributed by atoms with Gasteiger partial charge in [0.25, 0.3) is 5.91 Å². The molecule has 0 saturated carbocycles. The van der Waals surface area contributed by atoms with Gasteiger partial charge in [-0.3, -0.25) is 9.78 Å². The fourth-order valence-corrected chi connectivity index (χ4v) is 2.76. The molecule has 1 amide bonds. The number of imidazole rings is 1. The number of benzene rings is 1. The zero-order valence-electron chi connectivity index (χ0n) is 14.6. The summed E-state index contributed by atoms with van der Waals surface area (Å²) in [5, 5.41) is 2.95. The number of hydrogen-bond donors (Lipinski definition) is 1. The normalized spacial score (nSPS) is 11.2. The maximum atomic E-state index is 12.1. The first-order valence-electron chi connectivity index (χ1n) is 8.42. The monoisotopic (exact) mass is 337 g/mol. The van der Waals surface area contributed by atoms with Crippen LogP contribution in [0.3, 0.4) is 0 Å². The van der Waals surface area contributed by atoms with Crippen LogP contribution in [0.1, 0.15) is 16.2 Å². The van der Waals surface area contributed by atoms with Crippen molar-refractivity contribution in [1.82, 2.24) is 24.8 Å². The Hall–Kier alpha value is -2.73. The molecule has 0 saturated heterocycles. The van der Waals surface area contributed by atoms with E-state index in [9.17, 15) is 4.79 Å². The van der Waals surface area contributed by atoms with Crippen molar-refractivity contribution in [2.24, 2.45) is 0 Å². The molecule has 3 rings (SSSR count). The highest BCUT2D eigenvalue weighted by Crippen LogP contribution is 2.16. The molecule has 0 spiro atoms. The second-order valence-corrected chi connectivity index (χ2v) is 6.21. The van der Waals surface area contributed by atoms with Crippen LogP contribution < -0.4 is 5.32 Å². The summed E-state index contributed by atoms with van der Waals surface area (Å²) < 4.78 is 2.24. The molecule has 130 valence electrons. The van der Waals surface area contributed by atoms with Crippen LogP contribution in [0.15, 0.2) is 48.8 Å². The maximum Gasteiger partial charge on any atom is 0.251 e. The Labute approximate surface area is 147 Å².